The van der Waals surface area contributed by atoms with Crippen molar-refractivity contribution in [2.75, 3.05) is 18.4 Å². The Kier molecular flexibility index (Phi) is 6.25. The van der Waals surface area contributed by atoms with Crippen molar-refractivity contribution in [2.24, 2.45) is 7.05 Å². The molecule has 0 unspecified atom stereocenters. The molecule has 1 atom stereocenters. The smallest absolute Gasteiger partial charge is 0.246 e. The highest BCUT2D eigenvalue weighted by Gasteiger charge is 2.25. The van der Waals surface area contributed by atoms with E-state index in [0.29, 0.717) is 24.1 Å². The van der Waals surface area contributed by atoms with Gasteiger partial charge in [0.25, 0.3) is 0 Å². The van der Waals surface area contributed by atoms with Gasteiger partial charge in [-0.1, -0.05) is 0 Å². The van der Waals surface area contributed by atoms with Gasteiger partial charge in [-0.15, -0.1) is 0 Å². The second-order valence-corrected chi connectivity index (χ2v) is 8.23. The van der Waals surface area contributed by atoms with E-state index in [4.69, 9.17) is 0 Å². The molecule has 0 aromatic carbocycles. The molecule has 1 aliphatic rings. The van der Waals surface area contributed by atoms with Gasteiger partial charge < -0.3 is 10.2 Å². The number of nitrogens with one attached hydrogen (secondary N) is 1. The van der Waals surface area contributed by atoms with Crippen molar-refractivity contribution >= 4 is 23.7 Å². The van der Waals surface area contributed by atoms with Crippen LogP contribution in [-0.4, -0.2) is 53.6 Å². The normalized spacial score (nSPS) is 16.5. The van der Waals surface area contributed by atoms with Crippen LogP contribution in [0.25, 0.3) is 6.08 Å². The lowest BCUT2D eigenvalue weighted by Gasteiger charge is -2.32. The van der Waals surface area contributed by atoms with Crippen molar-refractivity contribution in [1.82, 2.24) is 34.6 Å². The molecule has 3 aromatic heterocycles. The van der Waals surface area contributed by atoms with Gasteiger partial charge in [-0.2, -0.15) is 5.10 Å². The van der Waals surface area contributed by atoms with Crippen LogP contribution in [0.3, 0.4) is 0 Å². The standard InChI is InChI=1S/C23H28N8O/c1-15-10-16(2)26-23(25-15)29-21-11-20(27-17(3)28-21)19-6-5-9-31(14-19)22(32)8-7-18-12-24-30(4)13-18/h7-8,10-13,19H,5-6,9,14H2,1-4H3,(H,25,26,27,28,29)/b8-7+/t19-/m1/s1. The van der Waals surface area contributed by atoms with Crippen molar-refractivity contribution in [3.05, 3.63) is 59.1 Å². The third-order valence-electron chi connectivity index (χ3n) is 5.37. The molecule has 166 valence electrons. The minimum atomic E-state index is 0.00585. The van der Waals surface area contributed by atoms with Crippen molar-refractivity contribution in [1.29, 1.82) is 0 Å². The van der Waals surface area contributed by atoms with Crippen molar-refractivity contribution in [2.45, 2.75) is 39.5 Å². The zero-order valence-electron chi connectivity index (χ0n) is 18.9. The Labute approximate surface area is 187 Å². The predicted molar refractivity (Wildman–Crippen MR) is 122 cm³/mol. The van der Waals surface area contributed by atoms with Gasteiger partial charge in [-0.05, 0) is 45.8 Å². The fourth-order valence-corrected chi connectivity index (χ4v) is 3.98. The maximum atomic E-state index is 12.7. The molecule has 1 fully saturated rings. The van der Waals surface area contributed by atoms with E-state index in [-0.39, 0.29) is 11.8 Å². The van der Waals surface area contributed by atoms with Crippen molar-refractivity contribution in [3.63, 3.8) is 0 Å². The van der Waals surface area contributed by atoms with Gasteiger partial charge in [0.1, 0.15) is 11.6 Å². The van der Waals surface area contributed by atoms with E-state index in [1.165, 1.54) is 0 Å². The molecule has 1 aliphatic heterocycles. The lowest BCUT2D eigenvalue weighted by Crippen LogP contribution is -2.38. The number of aromatic nitrogens is 6. The largest absolute Gasteiger partial charge is 0.338 e. The van der Waals surface area contributed by atoms with Gasteiger partial charge in [0.15, 0.2) is 0 Å². The zero-order chi connectivity index (χ0) is 22.7. The number of aryl methyl sites for hydroxylation is 4. The quantitative estimate of drug-likeness (QED) is 0.618. The van der Waals surface area contributed by atoms with Gasteiger partial charge in [0, 0.05) is 61.3 Å². The summed E-state index contributed by atoms with van der Waals surface area (Å²) >= 11 is 0. The molecule has 1 saturated heterocycles. The van der Waals surface area contributed by atoms with Crippen LogP contribution in [0.15, 0.2) is 30.6 Å². The monoisotopic (exact) mass is 432 g/mol. The molecule has 32 heavy (non-hydrogen) atoms. The van der Waals surface area contributed by atoms with Crippen LogP contribution >= 0.6 is 0 Å². The minimum absolute atomic E-state index is 0.00585. The van der Waals surface area contributed by atoms with E-state index < -0.39 is 0 Å². The Morgan fingerprint density at radius 1 is 1.12 bits per heavy atom. The first-order valence-electron chi connectivity index (χ1n) is 10.8. The molecule has 4 rings (SSSR count). The number of carbonyl (C=O) groups is 1. The number of likely N-dealkylation sites (tertiary alicyclic amines) is 1. The van der Waals surface area contributed by atoms with E-state index in [0.717, 1.165) is 42.0 Å². The summed E-state index contributed by atoms with van der Waals surface area (Å²) in [4.78, 5) is 32.7. The van der Waals surface area contributed by atoms with Gasteiger partial charge in [0.2, 0.25) is 11.9 Å². The molecular weight excluding hydrogens is 404 g/mol. The van der Waals surface area contributed by atoms with Crippen LogP contribution in [0.5, 0.6) is 0 Å². The number of hydrogen-bond acceptors (Lipinski definition) is 7. The summed E-state index contributed by atoms with van der Waals surface area (Å²) in [5, 5.41) is 7.33. The fourth-order valence-electron chi connectivity index (χ4n) is 3.98. The number of carbonyl (C=O) groups excluding carboxylic acids is 1. The first kappa shape index (κ1) is 21.6. The molecule has 4 heterocycles. The third-order valence-corrected chi connectivity index (χ3v) is 5.37. The van der Waals surface area contributed by atoms with Crippen LogP contribution in [0.4, 0.5) is 11.8 Å². The molecule has 0 saturated carbocycles. The second kappa shape index (κ2) is 9.25. The Hall–Kier alpha value is -3.62. The molecule has 1 N–H and O–H groups in total. The van der Waals surface area contributed by atoms with Gasteiger partial charge in [-0.3, -0.25) is 9.48 Å². The lowest BCUT2D eigenvalue weighted by molar-refractivity contribution is -0.127. The average molecular weight is 433 g/mol. The Morgan fingerprint density at radius 2 is 1.91 bits per heavy atom. The van der Waals surface area contributed by atoms with Crippen LogP contribution in [0.1, 0.15) is 47.2 Å². The molecule has 0 bridgehead atoms. The maximum absolute atomic E-state index is 12.7. The summed E-state index contributed by atoms with van der Waals surface area (Å²) in [5.74, 6) is 2.02. The number of hydrogen-bond donors (Lipinski definition) is 1. The molecule has 9 nitrogen and oxygen atoms in total. The van der Waals surface area contributed by atoms with Gasteiger partial charge >= 0.3 is 0 Å². The minimum Gasteiger partial charge on any atom is -0.338 e. The van der Waals surface area contributed by atoms with Crippen molar-refractivity contribution in [3.8, 4) is 0 Å². The van der Waals surface area contributed by atoms with E-state index >= 15 is 0 Å². The first-order chi connectivity index (χ1) is 15.4. The molecule has 1 amide bonds. The first-order valence-corrected chi connectivity index (χ1v) is 10.8. The SMILES string of the molecule is Cc1cc(C)nc(Nc2cc([C@@H]3CCCN(C(=O)/C=C/c4cnn(C)c4)C3)nc(C)n2)n1. The van der Waals surface area contributed by atoms with Crippen molar-refractivity contribution < 1.29 is 4.79 Å². The fraction of sp³-hybridized carbons (Fsp3) is 0.391. The number of nitrogens with zero attached hydrogens (tertiary/aromatic N) is 7. The van der Waals surface area contributed by atoms with Gasteiger partial charge in [-0.25, -0.2) is 19.9 Å². The highest BCUT2D eigenvalue weighted by molar-refractivity contribution is 5.91. The Balaban J connectivity index is 1.48. The van der Waals surface area contributed by atoms with E-state index in [2.05, 4.69) is 30.4 Å². The van der Waals surface area contributed by atoms with E-state index in [9.17, 15) is 4.79 Å². The molecule has 0 aliphatic carbocycles. The number of piperidine rings is 1. The second-order valence-electron chi connectivity index (χ2n) is 8.23. The highest BCUT2D eigenvalue weighted by atomic mass is 16.2. The highest BCUT2D eigenvalue weighted by Crippen LogP contribution is 2.27. The Morgan fingerprint density at radius 3 is 2.62 bits per heavy atom. The average Bonchev–Trinajstić information content (AvgIpc) is 3.16. The zero-order valence-corrected chi connectivity index (χ0v) is 18.9. The van der Waals surface area contributed by atoms with Crippen LogP contribution in [0, 0.1) is 20.8 Å². The number of rotatable bonds is 5. The number of amides is 1. The Bertz CT molecular complexity index is 1130. The number of anilines is 2. The predicted octanol–water partition coefficient (Wildman–Crippen LogP) is 3.09. The molecule has 0 spiro atoms. The summed E-state index contributed by atoms with van der Waals surface area (Å²) in [7, 11) is 1.85. The topological polar surface area (TPSA) is 102 Å². The summed E-state index contributed by atoms with van der Waals surface area (Å²) < 4.78 is 1.72. The molecular formula is C23H28N8O. The van der Waals surface area contributed by atoms with E-state index in [1.54, 1.807) is 23.0 Å². The maximum Gasteiger partial charge on any atom is 0.246 e. The van der Waals surface area contributed by atoms with Crippen LogP contribution in [0.2, 0.25) is 0 Å². The summed E-state index contributed by atoms with van der Waals surface area (Å²) in [5.41, 5.74) is 3.63. The van der Waals surface area contributed by atoms with Crippen LogP contribution < -0.4 is 5.32 Å². The third kappa shape index (κ3) is 5.35. The van der Waals surface area contributed by atoms with Gasteiger partial charge in [0.05, 0.1) is 11.9 Å². The molecule has 3 aromatic rings. The lowest BCUT2D eigenvalue weighted by atomic mass is 9.94. The molecule has 0 radical (unpaired) electrons. The summed E-state index contributed by atoms with van der Waals surface area (Å²) in [6.07, 6.45) is 8.95. The van der Waals surface area contributed by atoms with Crippen LogP contribution in [-0.2, 0) is 11.8 Å². The summed E-state index contributed by atoms with van der Waals surface area (Å²) in [6.45, 7) is 7.13. The molecule has 9 heteroatoms. The summed E-state index contributed by atoms with van der Waals surface area (Å²) in [6, 6.07) is 3.87. The van der Waals surface area contributed by atoms with E-state index in [1.807, 2.05) is 51.0 Å².